The van der Waals surface area contributed by atoms with Crippen molar-refractivity contribution in [3.8, 4) is 0 Å². The first-order valence-electron chi connectivity index (χ1n) is 5.84. The number of rotatable bonds is 3. The van der Waals surface area contributed by atoms with Crippen LogP contribution in [0, 0.1) is 0 Å². The van der Waals surface area contributed by atoms with Crippen LogP contribution >= 0.6 is 24.4 Å². The number of thiocarbonyl (C=S) groups is 2. The van der Waals surface area contributed by atoms with E-state index in [0.29, 0.717) is 10.8 Å². The Hall–Kier alpha value is -1.49. The van der Waals surface area contributed by atoms with Gasteiger partial charge in [0.2, 0.25) is 10.0 Å². The molecule has 0 aliphatic rings. The highest BCUT2D eigenvalue weighted by atomic mass is 32.2. The first kappa shape index (κ1) is 17.6. The topological polar surface area (TPSA) is 85.5 Å². The van der Waals surface area contributed by atoms with E-state index in [9.17, 15) is 8.42 Å². The summed E-state index contributed by atoms with van der Waals surface area (Å²) in [6.07, 6.45) is 0. The number of hydrogen-bond donors (Lipinski definition) is 4. The van der Waals surface area contributed by atoms with Crippen molar-refractivity contribution in [3.05, 3.63) is 24.3 Å². The van der Waals surface area contributed by atoms with E-state index in [0.717, 1.165) is 4.31 Å². The van der Waals surface area contributed by atoms with Crippen LogP contribution in [0.15, 0.2) is 29.2 Å². The molecule has 0 heterocycles. The molecule has 0 aromatic heterocycles. The highest BCUT2D eigenvalue weighted by Gasteiger charge is 2.17. The lowest BCUT2D eigenvalue weighted by Gasteiger charge is -2.15. The molecule has 0 spiro atoms. The fraction of sp³-hybridized carbons (Fsp3) is 0.273. The molecule has 0 amide bonds. The minimum Gasteiger partial charge on any atom is -0.364 e. The highest BCUT2D eigenvalue weighted by Crippen LogP contribution is 2.17. The summed E-state index contributed by atoms with van der Waals surface area (Å²) in [5, 5.41) is 6.21. The molecule has 1 aromatic carbocycles. The third-order valence-electron chi connectivity index (χ3n) is 2.39. The molecule has 0 aliphatic carbocycles. The van der Waals surface area contributed by atoms with Crippen molar-refractivity contribution in [3.63, 3.8) is 0 Å². The molecule has 0 unspecified atom stereocenters. The van der Waals surface area contributed by atoms with Crippen LogP contribution in [-0.4, -0.2) is 44.1 Å². The Labute approximate surface area is 135 Å². The van der Waals surface area contributed by atoms with Crippen LogP contribution in [0.5, 0.6) is 0 Å². The number of nitrogens with one attached hydrogen (secondary N) is 4. The summed E-state index contributed by atoms with van der Waals surface area (Å²) in [4.78, 5) is 0.180. The Kier molecular flexibility index (Phi) is 6.27. The minimum atomic E-state index is -3.48. The second-order valence-corrected chi connectivity index (χ2v) is 7.07. The van der Waals surface area contributed by atoms with Gasteiger partial charge in [0.15, 0.2) is 10.2 Å². The van der Waals surface area contributed by atoms with E-state index >= 15 is 0 Å². The number of nitrogens with zero attached hydrogens (tertiary/aromatic N) is 1. The maximum atomic E-state index is 12.0. The smallest absolute Gasteiger partial charge is 0.242 e. The van der Waals surface area contributed by atoms with Crippen molar-refractivity contribution in [2.45, 2.75) is 4.90 Å². The normalized spacial score (nSPS) is 10.9. The van der Waals surface area contributed by atoms with Gasteiger partial charge in [0.25, 0.3) is 0 Å². The Balaban J connectivity index is 2.78. The summed E-state index contributed by atoms with van der Waals surface area (Å²) in [7, 11) is 1.14. The summed E-state index contributed by atoms with van der Waals surface area (Å²) < 4.78 is 25.2. The van der Waals surface area contributed by atoms with Gasteiger partial charge >= 0.3 is 0 Å². The number of anilines is 1. The lowest BCUT2D eigenvalue weighted by atomic mass is 10.3. The maximum absolute atomic E-state index is 12.0. The monoisotopic (exact) mass is 347 g/mol. The summed E-state index contributed by atoms with van der Waals surface area (Å²) >= 11 is 9.94. The van der Waals surface area contributed by atoms with Gasteiger partial charge in [-0.15, -0.1) is 0 Å². The molecule has 0 saturated carbocycles. The molecule has 116 valence electrons. The lowest BCUT2D eigenvalue weighted by Crippen LogP contribution is -2.47. The van der Waals surface area contributed by atoms with Crippen molar-refractivity contribution >= 4 is 50.4 Å². The molecule has 0 radical (unpaired) electrons. The summed E-state index contributed by atoms with van der Waals surface area (Å²) in [6.45, 7) is 0. The zero-order valence-electron chi connectivity index (χ0n) is 11.8. The van der Waals surface area contributed by atoms with E-state index in [1.54, 1.807) is 19.2 Å². The van der Waals surface area contributed by atoms with Gasteiger partial charge in [-0.3, -0.25) is 10.9 Å². The molecule has 0 saturated heterocycles. The van der Waals surface area contributed by atoms with Gasteiger partial charge in [0.1, 0.15) is 0 Å². The van der Waals surface area contributed by atoms with E-state index in [1.807, 2.05) is 0 Å². The molecule has 1 aromatic rings. The Morgan fingerprint density at radius 1 is 1.14 bits per heavy atom. The first-order chi connectivity index (χ1) is 9.77. The largest absolute Gasteiger partial charge is 0.364 e. The summed E-state index contributed by atoms with van der Waals surface area (Å²) in [6, 6.07) is 6.36. The van der Waals surface area contributed by atoms with Crippen LogP contribution in [0.4, 0.5) is 5.69 Å². The number of hydrazine groups is 1. The maximum Gasteiger partial charge on any atom is 0.242 e. The van der Waals surface area contributed by atoms with Crippen LogP contribution in [0.1, 0.15) is 0 Å². The van der Waals surface area contributed by atoms with E-state index in [-0.39, 0.29) is 10.0 Å². The number of sulfonamides is 1. The van der Waals surface area contributed by atoms with Gasteiger partial charge < -0.3 is 10.6 Å². The molecule has 4 N–H and O–H groups in total. The summed E-state index contributed by atoms with van der Waals surface area (Å²) in [5.74, 6) is 0. The fourth-order valence-electron chi connectivity index (χ4n) is 1.28. The van der Waals surface area contributed by atoms with Crippen molar-refractivity contribution in [2.24, 2.45) is 0 Å². The van der Waals surface area contributed by atoms with Crippen LogP contribution in [0.3, 0.4) is 0 Å². The van der Waals surface area contributed by atoms with E-state index in [1.165, 1.54) is 26.2 Å². The molecule has 0 fully saturated rings. The van der Waals surface area contributed by atoms with Gasteiger partial charge in [0, 0.05) is 26.8 Å². The SMILES string of the molecule is CNC(=S)NNC(=S)Nc1cccc(S(=O)(=O)N(C)C)c1. The standard InChI is InChI=1S/C11H17N5O2S3/c1-12-10(19)14-15-11(20)13-8-5-4-6-9(7-8)21(17,18)16(2)3/h4-7H,1-3H3,(H2,12,14,19)(H2,13,15,20). The first-order valence-corrected chi connectivity index (χ1v) is 8.10. The van der Waals surface area contributed by atoms with Crippen molar-refractivity contribution in [1.82, 2.24) is 20.5 Å². The molecule has 10 heteroatoms. The predicted molar refractivity (Wildman–Crippen MR) is 91.5 cm³/mol. The summed E-state index contributed by atoms with van der Waals surface area (Å²) in [5.41, 5.74) is 5.87. The van der Waals surface area contributed by atoms with Crippen molar-refractivity contribution in [1.29, 1.82) is 0 Å². The van der Waals surface area contributed by atoms with Gasteiger partial charge in [-0.05, 0) is 42.6 Å². The van der Waals surface area contributed by atoms with E-state index in [2.05, 4.69) is 21.5 Å². The molecule has 1 rings (SSSR count). The predicted octanol–water partition coefficient (Wildman–Crippen LogP) is 0.232. The average molecular weight is 347 g/mol. The second kappa shape index (κ2) is 7.50. The quantitative estimate of drug-likeness (QED) is 0.457. The number of benzene rings is 1. The van der Waals surface area contributed by atoms with Gasteiger partial charge in [-0.1, -0.05) is 6.07 Å². The van der Waals surface area contributed by atoms with Gasteiger partial charge in [-0.25, -0.2) is 12.7 Å². The molecule has 7 nitrogen and oxygen atoms in total. The fourth-order valence-corrected chi connectivity index (χ4v) is 2.45. The third kappa shape index (κ3) is 5.08. The van der Waals surface area contributed by atoms with Crippen LogP contribution in [0.25, 0.3) is 0 Å². The van der Waals surface area contributed by atoms with Crippen molar-refractivity contribution in [2.75, 3.05) is 26.5 Å². The zero-order valence-corrected chi connectivity index (χ0v) is 14.2. The highest BCUT2D eigenvalue weighted by molar-refractivity contribution is 7.89. The Morgan fingerprint density at radius 3 is 2.33 bits per heavy atom. The zero-order chi connectivity index (χ0) is 16.0. The van der Waals surface area contributed by atoms with Crippen LogP contribution in [-0.2, 0) is 10.0 Å². The molecule has 0 atom stereocenters. The average Bonchev–Trinajstić information content (AvgIpc) is 2.44. The van der Waals surface area contributed by atoms with Gasteiger partial charge in [-0.2, -0.15) is 0 Å². The van der Waals surface area contributed by atoms with Crippen molar-refractivity contribution < 1.29 is 8.42 Å². The van der Waals surface area contributed by atoms with E-state index < -0.39 is 10.0 Å². The molecule has 0 bridgehead atoms. The lowest BCUT2D eigenvalue weighted by molar-refractivity contribution is 0.521. The molecule has 0 aliphatic heterocycles. The molecular weight excluding hydrogens is 330 g/mol. The van der Waals surface area contributed by atoms with Crippen LogP contribution < -0.4 is 21.5 Å². The minimum absolute atomic E-state index is 0.180. The van der Waals surface area contributed by atoms with Gasteiger partial charge in [0.05, 0.1) is 4.90 Å². The third-order valence-corrected chi connectivity index (χ3v) is 4.71. The molecular formula is C11H17N5O2S3. The Bertz CT molecular complexity index is 631. The second-order valence-electron chi connectivity index (χ2n) is 4.10. The van der Waals surface area contributed by atoms with E-state index in [4.69, 9.17) is 24.4 Å². The Morgan fingerprint density at radius 2 is 1.76 bits per heavy atom. The number of hydrogen-bond acceptors (Lipinski definition) is 4. The molecule has 21 heavy (non-hydrogen) atoms. The van der Waals surface area contributed by atoms with Crippen LogP contribution in [0.2, 0.25) is 0 Å².